The van der Waals surface area contributed by atoms with Crippen molar-refractivity contribution in [3.05, 3.63) is 113 Å². The molecule has 3 aromatic carbocycles. The van der Waals surface area contributed by atoms with Gasteiger partial charge in [0, 0.05) is 0 Å². The number of benzene rings is 3. The van der Waals surface area contributed by atoms with Crippen LogP contribution in [0.2, 0.25) is 0 Å². The molecule has 0 unspecified atom stereocenters. The van der Waals surface area contributed by atoms with E-state index in [-0.39, 0.29) is 0 Å². The lowest BCUT2D eigenvalue weighted by Gasteiger charge is -2.17. The molecule has 0 nitrogen and oxygen atoms in total. The summed E-state index contributed by atoms with van der Waals surface area (Å²) < 4.78 is 0. The average Bonchev–Trinajstić information content (AvgIpc) is 2.74. The third kappa shape index (κ3) is 7.60. The number of allylic oxidation sites excluding steroid dienone is 5. The Labute approximate surface area is 194 Å². The summed E-state index contributed by atoms with van der Waals surface area (Å²) in [6.07, 6.45) is 4.33. The first-order valence-corrected chi connectivity index (χ1v) is 11.6. The van der Waals surface area contributed by atoms with Crippen LogP contribution in [0.3, 0.4) is 0 Å². The van der Waals surface area contributed by atoms with Gasteiger partial charge in [-0.2, -0.15) is 0 Å². The number of hydrogen-bond donors (Lipinski definition) is 1. The Kier molecular flexibility index (Phi) is 9.88. The second-order valence-electron chi connectivity index (χ2n) is 8.46. The van der Waals surface area contributed by atoms with Crippen molar-refractivity contribution < 1.29 is 0 Å². The van der Waals surface area contributed by atoms with E-state index in [0.29, 0.717) is 0 Å². The molecule has 0 heterocycles. The lowest BCUT2D eigenvalue weighted by atomic mass is 9.89. The van der Waals surface area contributed by atoms with Crippen LogP contribution < -0.4 is 0 Å². The molecule has 31 heavy (non-hydrogen) atoms. The van der Waals surface area contributed by atoms with Crippen molar-refractivity contribution in [1.82, 2.24) is 0 Å². The molecule has 0 saturated heterocycles. The maximum absolute atomic E-state index is 4.72. The molecule has 0 aliphatic carbocycles. The van der Waals surface area contributed by atoms with Crippen molar-refractivity contribution in [1.29, 1.82) is 0 Å². The van der Waals surface area contributed by atoms with E-state index in [1.54, 1.807) is 0 Å². The predicted molar refractivity (Wildman–Crippen MR) is 144 cm³/mol. The number of fused-ring (bicyclic) bond motifs is 1. The summed E-state index contributed by atoms with van der Waals surface area (Å²) >= 11 is 4.72. The number of thiol groups is 1. The molecule has 162 valence electrons. The van der Waals surface area contributed by atoms with Crippen molar-refractivity contribution in [2.45, 2.75) is 47.5 Å². The van der Waals surface area contributed by atoms with Crippen LogP contribution in [-0.2, 0) is 6.42 Å². The topological polar surface area (TPSA) is 0 Å². The second-order valence-corrected chi connectivity index (χ2v) is 9.13. The zero-order valence-electron chi connectivity index (χ0n) is 19.7. The molecule has 3 aromatic rings. The maximum atomic E-state index is 4.72. The maximum Gasteiger partial charge on any atom is -0.00131 e. The summed E-state index contributed by atoms with van der Waals surface area (Å²) in [7, 11) is 0. The lowest BCUT2D eigenvalue weighted by molar-refractivity contribution is 0.626. The van der Waals surface area contributed by atoms with Crippen molar-refractivity contribution in [2.24, 2.45) is 5.92 Å². The van der Waals surface area contributed by atoms with Gasteiger partial charge in [-0.05, 0) is 64.1 Å². The highest BCUT2D eigenvalue weighted by Gasteiger charge is 2.13. The van der Waals surface area contributed by atoms with E-state index in [9.17, 15) is 0 Å². The highest BCUT2D eigenvalue weighted by atomic mass is 32.1. The van der Waals surface area contributed by atoms with Crippen LogP contribution in [-0.4, -0.2) is 0 Å². The molecule has 0 aliphatic rings. The summed E-state index contributed by atoms with van der Waals surface area (Å²) in [5, 5.41) is 2.57. The minimum atomic E-state index is 0.844. The quantitative estimate of drug-likeness (QED) is 0.293. The molecule has 3 rings (SSSR count). The van der Waals surface area contributed by atoms with Crippen molar-refractivity contribution in [2.75, 3.05) is 0 Å². The Hall–Kier alpha value is -2.51. The fraction of sp³-hybridized carbons (Fsp3) is 0.267. The standard InChI is InChI=1S/C25H24S.C5H12/c1-18(2)16-23(25(19(3)26)21-11-5-4-6-12-21)17-22-14-9-13-20-10-7-8-15-24(20)22;1-4-5(2)3/h4-16,26H,1,17H2,2-3H3;5H,4H2,1-3H3/b23-16-,25-19+;. The van der Waals surface area contributed by atoms with Crippen LogP contribution in [0, 0.1) is 5.92 Å². The van der Waals surface area contributed by atoms with Gasteiger partial charge in [-0.3, -0.25) is 0 Å². The summed E-state index contributed by atoms with van der Waals surface area (Å²) in [5.74, 6) is 0.884. The minimum Gasteiger partial charge on any atom is -0.148 e. The van der Waals surface area contributed by atoms with E-state index < -0.39 is 0 Å². The van der Waals surface area contributed by atoms with Crippen molar-refractivity contribution >= 4 is 29.0 Å². The highest BCUT2D eigenvalue weighted by Crippen LogP contribution is 2.33. The first-order valence-electron chi connectivity index (χ1n) is 11.1. The van der Waals surface area contributed by atoms with Crippen LogP contribution in [0.25, 0.3) is 16.3 Å². The monoisotopic (exact) mass is 428 g/mol. The van der Waals surface area contributed by atoms with Crippen molar-refractivity contribution in [3.63, 3.8) is 0 Å². The van der Waals surface area contributed by atoms with Gasteiger partial charge in [0.2, 0.25) is 0 Å². The van der Waals surface area contributed by atoms with Crippen LogP contribution in [0.5, 0.6) is 0 Å². The smallest absolute Gasteiger partial charge is 0.00131 e. The van der Waals surface area contributed by atoms with E-state index in [1.165, 1.54) is 39.5 Å². The predicted octanol–water partition coefficient (Wildman–Crippen LogP) is 9.30. The summed E-state index contributed by atoms with van der Waals surface area (Å²) in [5.41, 5.74) is 5.98. The molecule has 0 N–H and O–H groups in total. The van der Waals surface area contributed by atoms with E-state index >= 15 is 0 Å². The van der Waals surface area contributed by atoms with E-state index in [1.807, 2.05) is 13.0 Å². The molecule has 1 heteroatoms. The van der Waals surface area contributed by atoms with Gasteiger partial charge in [-0.1, -0.05) is 118 Å². The molecule has 0 fully saturated rings. The molecule has 0 atom stereocenters. The fourth-order valence-corrected chi connectivity index (χ4v) is 3.67. The summed E-state index contributed by atoms with van der Waals surface area (Å²) in [4.78, 5) is 1.02. The number of rotatable bonds is 6. The summed E-state index contributed by atoms with van der Waals surface area (Å²) in [6, 6.07) is 25.5. The van der Waals surface area contributed by atoms with Crippen LogP contribution in [0.4, 0.5) is 0 Å². The van der Waals surface area contributed by atoms with E-state index in [4.69, 9.17) is 12.6 Å². The third-order valence-electron chi connectivity index (χ3n) is 5.24. The SMILES string of the molecule is C=C(C)/C=C(Cc1cccc2ccccc12)\C(=C(/C)S)c1ccccc1.CCC(C)C. The van der Waals surface area contributed by atoms with Gasteiger partial charge in [0.1, 0.15) is 0 Å². The van der Waals surface area contributed by atoms with Gasteiger partial charge in [-0.25, -0.2) is 0 Å². The lowest BCUT2D eigenvalue weighted by Crippen LogP contribution is -1.98. The number of hydrogen-bond acceptors (Lipinski definition) is 1. The molecule has 0 amide bonds. The second kappa shape index (κ2) is 12.4. The fourth-order valence-electron chi connectivity index (χ4n) is 3.39. The Bertz CT molecular complexity index is 1040. The molecular formula is C30H36S. The average molecular weight is 429 g/mol. The first-order chi connectivity index (χ1) is 14.8. The zero-order valence-corrected chi connectivity index (χ0v) is 20.5. The minimum absolute atomic E-state index is 0.844. The largest absolute Gasteiger partial charge is 0.148 e. The molecule has 0 aromatic heterocycles. The Morgan fingerprint density at radius 2 is 1.48 bits per heavy atom. The molecule has 0 spiro atoms. The molecule has 0 saturated carbocycles. The first kappa shape index (κ1) is 24.8. The van der Waals surface area contributed by atoms with Crippen LogP contribution in [0.15, 0.2) is 102 Å². The van der Waals surface area contributed by atoms with Crippen LogP contribution >= 0.6 is 12.6 Å². The zero-order chi connectivity index (χ0) is 22.8. The van der Waals surface area contributed by atoms with Gasteiger partial charge in [0.25, 0.3) is 0 Å². The molecule has 0 bridgehead atoms. The Morgan fingerprint density at radius 1 is 0.903 bits per heavy atom. The third-order valence-corrected chi connectivity index (χ3v) is 5.47. The molecule has 0 aliphatic heterocycles. The van der Waals surface area contributed by atoms with E-state index in [2.05, 4.69) is 107 Å². The summed E-state index contributed by atoms with van der Waals surface area (Å²) in [6.45, 7) is 14.9. The van der Waals surface area contributed by atoms with Gasteiger partial charge in [0.15, 0.2) is 0 Å². The molecule has 0 radical (unpaired) electrons. The van der Waals surface area contributed by atoms with Crippen molar-refractivity contribution in [3.8, 4) is 0 Å². The van der Waals surface area contributed by atoms with Crippen LogP contribution in [0.1, 0.15) is 52.2 Å². The normalized spacial score (nSPS) is 12.3. The van der Waals surface area contributed by atoms with Gasteiger partial charge >= 0.3 is 0 Å². The Balaban J connectivity index is 0.000000614. The molecular weight excluding hydrogens is 392 g/mol. The highest BCUT2D eigenvalue weighted by molar-refractivity contribution is 7.84. The van der Waals surface area contributed by atoms with Gasteiger partial charge in [-0.15, -0.1) is 12.6 Å². The van der Waals surface area contributed by atoms with Gasteiger partial charge < -0.3 is 0 Å². The Morgan fingerprint density at radius 3 is 2.06 bits per heavy atom. The van der Waals surface area contributed by atoms with Gasteiger partial charge in [0.05, 0.1) is 0 Å². The van der Waals surface area contributed by atoms with E-state index in [0.717, 1.165) is 22.8 Å².